The zero-order valence-electron chi connectivity index (χ0n) is 9.71. The monoisotopic (exact) mass is 252 g/mol. The Morgan fingerprint density at radius 3 is 2.22 bits per heavy atom. The van der Waals surface area contributed by atoms with Gasteiger partial charge in [-0.05, 0) is 48.4 Å². The Kier molecular flexibility index (Phi) is 3.55. The zero-order valence-corrected chi connectivity index (χ0v) is 9.71. The third kappa shape index (κ3) is 3.03. The second-order valence-corrected chi connectivity index (χ2v) is 3.98. The van der Waals surface area contributed by atoms with Crippen molar-refractivity contribution in [1.82, 2.24) is 0 Å². The van der Waals surface area contributed by atoms with E-state index in [9.17, 15) is 13.2 Å². The lowest BCUT2D eigenvalue weighted by atomic mass is 10.2. The highest BCUT2D eigenvalue weighted by molar-refractivity contribution is 5.29. The van der Waals surface area contributed by atoms with Crippen molar-refractivity contribution in [3.63, 3.8) is 0 Å². The summed E-state index contributed by atoms with van der Waals surface area (Å²) < 4.78 is 44.2. The molecule has 0 aromatic heterocycles. The number of rotatable bonds is 3. The van der Waals surface area contributed by atoms with E-state index in [0.717, 1.165) is 6.07 Å². The molecule has 0 saturated heterocycles. The molecule has 0 radical (unpaired) electrons. The first-order valence-corrected chi connectivity index (χ1v) is 5.38. The van der Waals surface area contributed by atoms with Gasteiger partial charge in [0.2, 0.25) is 0 Å². The fraction of sp³-hybridized carbons (Fsp3) is 0.143. The first-order chi connectivity index (χ1) is 8.54. The molecule has 0 amide bonds. The summed E-state index contributed by atoms with van der Waals surface area (Å²) >= 11 is 0. The van der Waals surface area contributed by atoms with E-state index in [4.69, 9.17) is 4.74 Å². The molecule has 0 bridgehead atoms. The van der Waals surface area contributed by atoms with E-state index in [1.807, 2.05) is 0 Å². The molecular formula is C14H11F3O. The van der Waals surface area contributed by atoms with Crippen LogP contribution in [-0.4, -0.2) is 0 Å². The fourth-order valence-corrected chi connectivity index (χ4v) is 1.57. The van der Waals surface area contributed by atoms with Gasteiger partial charge in [-0.25, -0.2) is 13.2 Å². The molecule has 4 heteroatoms. The second kappa shape index (κ2) is 5.12. The summed E-state index contributed by atoms with van der Waals surface area (Å²) in [6, 6.07) is 7.48. The molecule has 2 aromatic rings. The second-order valence-electron chi connectivity index (χ2n) is 3.98. The van der Waals surface area contributed by atoms with Gasteiger partial charge >= 0.3 is 0 Å². The zero-order chi connectivity index (χ0) is 13.1. The lowest BCUT2D eigenvalue weighted by Gasteiger charge is -2.07. The van der Waals surface area contributed by atoms with Crippen molar-refractivity contribution in [2.24, 2.45) is 0 Å². The average molecular weight is 252 g/mol. The molecule has 0 fully saturated rings. The standard InChI is InChI=1S/C14H11F3O/c1-9-4-13(2-3-14(9)17)18-8-10-5-11(15)7-12(16)6-10/h2-7H,8H2,1H3. The third-order valence-electron chi connectivity index (χ3n) is 2.46. The van der Waals surface area contributed by atoms with Gasteiger partial charge in [-0.15, -0.1) is 0 Å². The summed E-state index contributed by atoms with van der Waals surface area (Å²) in [5.41, 5.74) is 0.840. The Hall–Kier alpha value is -1.97. The predicted octanol–water partition coefficient (Wildman–Crippen LogP) is 3.99. The Bertz CT molecular complexity index is 547. The van der Waals surface area contributed by atoms with Gasteiger partial charge in [0.25, 0.3) is 0 Å². The summed E-state index contributed by atoms with van der Waals surface area (Å²) in [5.74, 6) is -1.16. The highest BCUT2D eigenvalue weighted by atomic mass is 19.1. The molecule has 0 aliphatic carbocycles. The molecule has 0 N–H and O–H groups in total. The highest BCUT2D eigenvalue weighted by Gasteiger charge is 2.03. The number of benzene rings is 2. The summed E-state index contributed by atoms with van der Waals surface area (Å²) in [4.78, 5) is 0. The van der Waals surface area contributed by atoms with E-state index in [-0.39, 0.29) is 12.4 Å². The Balaban J connectivity index is 2.08. The molecule has 0 heterocycles. The van der Waals surface area contributed by atoms with E-state index < -0.39 is 11.6 Å². The molecule has 2 aromatic carbocycles. The van der Waals surface area contributed by atoms with Gasteiger partial charge in [-0.2, -0.15) is 0 Å². The van der Waals surface area contributed by atoms with Crippen LogP contribution in [0.25, 0.3) is 0 Å². The van der Waals surface area contributed by atoms with Crippen molar-refractivity contribution < 1.29 is 17.9 Å². The average Bonchev–Trinajstić information content (AvgIpc) is 2.29. The van der Waals surface area contributed by atoms with Gasteiger partial charge in [0.1, 0.15) is 29.8 Å². The molecule has 18 heavy (non-hydrogen) atoms. The van der Waals surface area contributed by atoms with Crippen LogP contribution in [0.5, 0.6) is 5.75 Å². The quantitative estimate of drug-likeness (QED) is 0.802. The van der Waals surface area contributed by atoms with Crippen molar-refractivity contribution in [3.8, 4) is 5.75 Å². The van der Waals surface area contributed by atoms with Crippen LogP contribution in [0.4, 0.5) is 13.2 Å². The molecule has 0 atom stereocenters. The van der Waals surface area contributed by atoms with Crippen LogP contribution in [0, 0.1) is 24.4 Å². The van der Waals surface area contributed by atoms with Crippen LogP contribution >= 0.6 is 0 Å². The van der Waals surface area contributed by atoms with E-state index >= 15 is 0 Å². The van der Waals surface area contributed by atoms with Crippen LogP contribution in [0.3, 0.4) is 0 Å². The number of ether oxygens (including phenoxy) is 1. The SMILES string of the molecule is Cc1cc(OCc2cc(F)cc(F)c2)ccc1F. The number of halogens is 3. The molecule has 0 aliphatic rings. The number of hydrogen-bond acceptors (Lipinski definition) is 1. The van der Waals surface area contributed by atoms with E-state index in [0.29, 0.717) is 16.9 Å². The van der Waals surface area contributed by atoms with E-state index in [1.165, 1.54) is 30.3 Å². The molecular weight excluding hydrogens is 241 g/mol. The van der Waals surface area contributed by atoms with Gasteiger partial charge in [0.05, 0.1) is 0 Å². The van der Waals surface area contributed by atoms with Crippen LogP contribution in [0.15, 0.2) is 36.4 Å². The Morgan fingerprint density at radius 2 is 1.61 bits per heavy atom. The minimum absolute atomic E-state index is 0.0275. The van der Waals surface area contributed by atoms with Crippen molar-refractivity contribution in [2.45, 2.75) is 13.5 Å². The minimum Gasteiger partial charge on any atom is -0.489 e. The summed E-state index contributed by atoms with van der Waals surface area (Å²) in [6.45, 7) is 1.64. The lowest BCUT2D eigenvalue weighted by molar-refractivity contribution is 0.304. The summed E-state index contributed by atoms with van der Waals surface area (Å²) in [5, 5.41) is 0. The predicted molar refractivity (Wildman–Crippen MR) is 61.8 cm³/mol. The molecule has 94 valence electrons. The number of aryl methyl sites for hydroxylation is 1. The van der Waals surface area contributed by atoms with Gasteiger partial charge < -0.3 is 4.74 Å². The fourth-order valence-electron chi connectivity index (χ4n) is 1.57. The van der Waals surface area contributed by atoms with Gasteiger partial charge in [-0.1, -0.05) is 0 Å². The van der Waals surface area contributed by atoms with Crippen molar-refractivity contribution in [3.05, 3.63) is 65.0 Å². The largest absolute Gasteiger partial charge is 0.489 e. The molecule has 2 rings (SSSR count). The van der Waals surface area contributed by atoms with Gasteiger partial charge in [0.15, 0.2) is 0 Å². The van der Waals surface area contributed by atoms with E-state index in [1.54, 1.807) is 6.92 Å². The van der Waals surface area contributed by atoms with Crippen LogP contribution in [-0.2, 0) is 6.61 Å². The summed E-state index contributed by atoms with van der Waals surface area (Å²) in [6.07, 6.45) is 0. The smallest absolute Gasteiger partial charge is 0.126 e. The van der Waals surface area contributed by atoms with E-state index in [2.05, 4.69) is 0 Å². The van der Waals surface area contributed by atoms with Crippen LogP contribution < -0.4 is 4.74 Å². The lowest BCUT2D eigenvalue weighted by Crippen LogP contribution is -1.97. The van der Waals surface area contributed by atoms with Gasteiger partial charge in [-0.3, -0.25) is 0 Å². The molecule has 0 aliphatic heterocycles. The van der Waals surface area contributed by atoms with Gasteiger partial charge in [0, 0.05) is 6.07 Å². The molecule has 0 spiro atoms. The first kappa shape index (κ1) is 12.5. The maximum Gasteiger partial charge on any atom is 0.126 e. The van der Waals surface area contributed by atoms with Crippen molar-refractivity contribution in [1.29, 1.82) is 0 Å². The number of hydrogen-bond donors (Lipinski definition) is 0. The molecule has 0 saturated carbocycles. The maximum atomic E-state index is 13.0. The summed E-state index contributed by atoms with van der Waals surface area (Å²) in [7, 11) is 0. The maximum absolute atomic E-state index is 13.0. The Morgan fingerprint density at radius 1 is 0.944 bits per heavy atom. The third-order valence-corrected chi connectivity index (χ3v) is 2.46. The molecule has 0 unspecified atom stereocenters. The normalized spacial score (nSPS) is 10.4. The van der Waals surface area contributed by atoms with Crippen LogP contribution in [0.1, 0.15) is 11.1 Å². The first-order valence-electron chi connectivity index (χ1n) is 5.38. The van der Waals surface area contributed by atoms with Crippen LogP contribution in [0.2, 0.25) is 0 Å². The topological polar surface area (TPSA) is 9.23 Å². The van der Waals surface area contributed by atoms with Crippen molar-refractivity contribution in [2.75, 3.05) is 0 Å². The minimum atomic E-state index is -0.649. The molecule has 1 nitrogen and oxygen atoms in total. The van der Waals surface area contributed by atoms with Crippen molar-refractivity contribution >= 4 is 0 Å². The highest BCUT2D eigenvalue weighted by Crippen LogP contribution is 2.18. The Labute approximate surface area is 103 Å².